The molecule has 0 aliphatic carbocycles. The standard InChI is InChI=1S/C8H19NO2/c1-7(2,10)5-6(9)8(3,4)11/h6,10-11H,5,9H2,1-4H3. The van der Waals surface area contributed by atoms with Gasteiger partial charge in [-0.15, -0.1) is 0 Å². The van der Waals surface area contributed by atoms with E-state index in [2.05, 4.69) is 0 Å². The van der Waals surface area contributed by atoms with Crippen LogP contribution >= 0.6 is 0 Å². The minimum absolute atomic E-state index is 0.387. The molecule has 3 nitrogen and oxygen atoms in total. The highest BCUT2D eigenvalue weighted by Crippen LogP contribution is 2.17. The Hall–Kier alpha value is -0.120. The molecule has 0 aromatic heterocycles. The summed E-state index contributed by atoms with van der Waals surface area (Å²) in [4.78, 5) is 0. The van der Waals surface area contributed by atoms with Gasteiger partial charge in [-0.25, -0.2) is 0 Å². The van der Waals surface area contributed by atoms with Crippen molar-refractivity contribution in [3.63, 3.8) is 0 Å². The van der Waals surface area contributed by atoms with Crippen LogP contribution in [0.25, 0.3) is 0 Å². The van der Waals surface area contributed by atoms with Crippen LogP contribution in [0.2, 0.25) is 0 Å². The van der Waals surface area contributed by atoms with Gasteiger partial charge in [0, 0.05) is 6.04 Å². The molecule has 0 rings (SSSR count). The van der Waals surface area contributed by atoms with Crippen LogP contribution in [0.1, 0.15) is 34.1 Å². The van der Waals surface area contributed by atoms with Crippen LogP contribution in [-0.4, -0.2) is 27.5 Å². The minimum Gasteiger partial charge on any atom is -0.390 e. The lowest BCUT2D eigenvalue weighted by atomic mass is 9.89. The van der Waals surface area contributed by atoms with Crippen LogP contribution < -0.4 is 5.73 Å². The van der Waals surface area contributed by atoms with Crippen molar-refractivity contribution in [1.82, 2.24) is 0 Å². The van der Waals surface area contributed by atoms with E-state index >= 15 is 0 Å². The quantitative estimate of drug-likeness (QED) is 0.555. The molecule has 0 saturated heterocycles. The van der Waals surface area contributed by atoms with Gasteiger partial charge in [-0.3, -0.25) is 0 Å². The summed E-state index contributed by atoms with van der Waals surface area (Å²) in [6.45, 7) is 6.64. The smallest absolute Gasteiger partial charge is 0.0743 e. The molecule has 0 saturated carbocycles. The summed E-state index contributed by atoms with van der Waals surface area (Å²) >= 11 is 0. The first-order valence-electron chi connectivity index (χ1n) is 3.83. The highest BCUT2D eigenvalue weighted by Gasteiger charge is 2.28. The van der Waals surface area contributed by atoms with Crippen LogP contribution in [-0.2, 0) is 0 Å². The maximum atomic E-state index is 9.41. The third-order valence-electron chi connectivity index (χ3n) is 1.63. The molecule has 1 unspecified atom stereocenters. The maximum absolute atomic E-state index is 9.41. The summed E-state index contributed by atoms with van der Waals surface area (Å²) in [5.74, 6) is 0. The fourth-order valence-corrected chi connectivity index (χ4v) is 0.788. The van der Waals surface area contributed by atoms with E-state index in [-0.39, 0.29) is 6.04 Å². The molecule has 0 radical (unpaired) electrons. The molecule has 1 atom stereocenters. The summed E-state index contributed by atoms with van der Waals surface area (Å²) < 4.78 is 0. The van der Waals surface area contributed by atoms with E-state index in [0.29, 0.717) is 6.42 Å². The van der Waals surface area contributed by atoms with Crippen LogP contribution in [0.15, 0.2) is 0 Å². The van der Waals surface area contributed by atoms with E-state index in [1.807, 2.05) is 0 Å². The lowest BCUT2D eigenvalue weighted by Gasteiger charge is -2.30. The highest BCUT2D eigenvalue weighted by atomic mass is 16.3. The zero-order chi connectivity index (χ0) is 9.28. The molecule has 0 amide bonds. The van der Waals surface area contributed by atoms with Gasteiger partial charge in [0.25, 0.3) is 0 Å². The normalized spacial score (nSPS) is 16.6. The van der Waals surface area contributed by atoms with Crippen molar-refractivity contribution in [2.45, 2.75) is 51.4 Å². The van der Waals surface area contributed by atoms with E-state index < -0.39 is 11.2 Å². The van der Waals surface area contributed by atoms with Crippen LogP contribution in [0.4, 0.5) is 0 Å². The molecule has 0 aromatic rings. The van der Waals surface area contributed by atoms with Gasteiger partial charge in [0.15, 0.2) is 0 Å². The summed E-state index contributed by atoms with van der Waals surface area (Å²) in [6.07, 6.45) is 0.399. The van der Waals surface area contributed by atoms with E-state index in [0.717, 1.165) is 0 Å². The van der Waals surface area contributed by atoms with Crippen molar-refractivity contribution in [1.29, 1.82) is 0 Å². The third-order valence-corrected chi connectivity index (χ3v) is 1.63. The average Bonchev–Trinajstić information content (AvgIpc) is 1.56. The fraction of sp³-hybridized carbons (Fsp3) is 1.00. The van der Waals surface area contributed by atoms with Crippen LogP contribution in [0.5, 0.6) is 0 Å². The van der Waals surface area contributed by atoms with E-state index in [1.54, 1.807) is 27.7 Å². The first-order chi connectivity index (χ1) is 4.63. The molecular formula is C8H19NO2. The van der Waals surface area contributed by atoms with E-state index in [9.17, 15) is 10.2 Å². The fourth-order valence-electron chi connectivity index (χ4n) is 0.788. The van der Waals surface area contributed by atoms with Gasteiger partial charge in [-0.2, -0.15) is 0 Å². The second-order valence-corrected chi connectivity index (χ2v) is 4.28. The Morgan fingerprint density at radius 1 is 1.18 bits per heavy atom. The summed E-state index contributed by atoms with van der Waals surface area (Å²) in [5, 5.41) is 18.8. The number of aliphatic hydroxyl groups is 2. The number of hydrogen-bond acceptors (Lipinski definition) is 3. The molecule has 0 aliphatic rings. The van der Waals surface area contributed by atoms with E-state index in [4.69, 9.17) is 5.73 Å². The molecule has 0 aliphatic heterocycles. The van der Waals surface area contributed by atoms with Crippen molar-refractivity contribution >= 4 is 0 Å². The Balaban J connectivity index is 3.99. The predicted octanol–water partition coefficient (Wildman–Crippen LogP) is 0.246. The molecule has 0 bridgehead atoms. The van der Waals surface area contributed by atoms with Gasteiger partial charge in [0.1, 0.15) is 0 Å². The molecule has 0 heterocycles. The second-order valence-electron chi connectivity index (χ2n) is 4.28. The van der Waals surface area contributed by atoms with Crippen molar-refractivity contribution < 1.29 is 10.2 Å². The lowest BCUT2D eigenvalue weighted by Crippen LogP contribution is -2.47. The van der Waals surface area contributed by atoms with Gasteiger partial charge in [-0.05, 0) is 34.1 Å². The summed E-state index contributed by atoms with van der Waals surface area (Å²) in [7, 11) is 0. The zero-order valence-electron chi connectivity index (χ0n) is 7.76. The summed E-state index contributed by atoms with van der Waals surface area (Å²) in [5.41, 5.74) is 3.90. The van der Waals surface area contributed by atoms with Gasteiger partial charge in [-0.1, -0.05) is 0 Å². The Morgan fingerprint density at radius 2 is 1.55 bits per heavy atom. The second kappa shape index (κ2) is 3.09. The van der Waals surface area contributed by atoms with Crippen LogP contribution in [0, 0.1) is 0 Å². The largest absolute Gasteiger partial charge is 0.390 e. The zero-order valence-corrected chi connectivity index (χ0v) is 7.76. The molecule has 68 valence electrons. The number of hydrogen-bond donors (Lipinski definition) is 3. The molecule has 0 aromatic carbocycles. The Labute approximate surface area is 68.2 Å². The monoisotopic (exact) mass is 161 g/mol. The molecule has 0 fully saturated rings. The molecule has 3 heteroatoms. The highest BCUT2D eigenvalue weighted by molar-refractivity contribution is 4.85. The first-order valence-corrected chi connectivity index (χ1v) is 3.83. The predicted molar refractivity (Wildman–Crippen MR) is 45.2 cm³/mol. The van der Waals surface area contributed by atoms with Crippen LogP contribution in [0.3, 0.4) is 0 Å². The molecular weight excluding hydrogens is 142 g/mol. The molecule has 4 N–H and O–H groups in total. The summed E-state index contributed by atoms with van der Waals surface area (Å²) in [6, 6.07) is -0.387. The van der Waals surface area contributed by atoms with Crippen molar-refractivity contribution in [3.8, 4) is 0 Å². The van der Waals surface area contributed by atoms with Gasteiger partial charge in [0.2, 0.25) is 0 Å². The average molecular weight is 161 g/mol. The van der Waals surface area contributed by atoms with E-state index in [1.165, 1.54) is 0 Å². The number of rotatable bonds is 3. The number of nitrogens with two attached hydrogens (primary N) is 1. The minimum atomic E-state index is -0.917. The van der Waals surface area contributed by atoms with Gasteiger partial charge < -0.3 is 15.9 Å². The lowest BCUT2D eigenvalue weighted by molar-refractivity contribution is 0.000490. The SMILES string of the molecule is CC(C)(O)CC(N)C(C)(C)O. The first kappa shape index (κ1) is 10.9. The Bertz CT molecular complexity index is 121. The van der Waals surface area contributed by atoms with Crippen molar-refractivity contribution in [2.75, 3.05) is 0 Å². The van der Waals surface area contributed by atoms with Crippen molar-refractivity contribution in [3.05, 3.63) is 0 Å². The van der Waals surface area contributed by atoms with Gasteiger partial charge in [0.05, 0.1) is 11.2 Å². The maximum Gasteiger partial charge on any atom is 0.0743 e. The topological polar surface area (TPSA) is 66.5 Å². The van der Waals surface area contributed by atoms with Gasteiger partial charge >= 0.3 is 0 Å². The van der Waals surface area contributed by atoms with Crippen molar-refractivity contribution in [2.24, 2.45) is 5.73 Å². The third kappa shape index (κ3) is 5.18. The Morgan fingerprint density at radius 3 is 1.64 bits per heavy atom. The molecule has 0 spiro atoms. The molecule has 11 heavy (non-hydrogen) atoms. The Kier molecular flexibility index (Phi) is 3.06.